The lowest BCUT2D eigenvalue weighted by molar-refractivity contribution is 0.0280. The summed E-state index contributed by atoms with van der Waals surface area (Å²) in [6, 6.07) is 23.7. The van der Waals surface area contributed by atoms with Crippen LogP contribution in [0, 0.1) is 6.92 Å². The van der Waals surface area contributed by atoms with E-state index in [1.165, 1.54) is 4.68 Å². The van der Waals surface area contributed by atoms with Crippen molar-refractivity contribution in [1.82, 2.24) is 14.8 Å². The molecule has 1 unspecified atom stereocenters. The molecule has 1 N–H and O–H groups in total. The first-order chi connectivity index (χ1) is 17.4. The monoisotopic (exact) mass is 517 g/mol. The quantitative estimate of drug-likeness (QED) is 0.190. The van der Waals surface area contributed by atoms with Gasteiger partial charge in [0, 0.05) is 33.2 Å². The molecule has 0 saturated carbocycles. The molecule has 0 saturated heterocycles. The highest BCUT2D eigenvalue weighted by Crippen LogP contribution is 2.30. The van der Waals surface area contributed by atoms with Gasteiger partial charge in [-0.2, -0.15) is 5.10 Å². The van der Waals surface area contributed by atoms with E-state index in [9.17, 15) is 9.59 Å². The molecule has 2 aromatic heterocycles. The number of carbonyl (C=O) groups excluding carboxylic acids is 2. The van der Waals surface area contributed by atoms with Gasteiger partial charge in [-0.15, -0.1) is 0 Å². The SMILES string of the molecule is Cc1nn(Cc2ccccc2Cl)c(Cl)c1C(=O)OC(C(=O)c1c[nH]c2ccccc12)c1ccccc1. The van der Waals surface area contributed by atoms with E-state index in [0.717, 1.165) is 16.5 Å². The number of Topliss-reactive ketones (excluding diaryl/α,β-unsaturated/α-hetero) is 1. The Labute approximate surface area is 217 Å². The van der Waals surface area contributed by atoms with Crippen molar-refractivity contribution in [1.29, 1.82) is 0 Å². The van der Waals surface area contributed by atoms with Crippen LogP contribution in [-0.4, -0.2) is 26.5 Å². The molecule has 0 spiro atoms. The number of esters is 1. The van der Waals surface area contributed by atoms with Gasteiger partial charge in [0.15, 0.2) is 6.10 Å². The van der Waals surface area contributed by atoms with E-state index in [-0.39, 0.29) is 23.0 Å². The average molecular weight is 518 g/mol. The molecule has 2 heterocycles. The fraction of sp³-hybridized carbons (Fsp3) is 0.107. The van der Waals surface area contributed by atoms with Crippen LogP contribution in [0.4, 0.5) is 0 Å². The lowest BCUT2D eigenvalue weighted by Crippen LogP contribution is -2.20. The number of H-pyrrole nitrogens is 1. The molecule has 36 heavy (non-hydrogen) atoms. The number of rotatable bonds is 7. The van der Waals surface area contributed by atoms with Gasteiger partial charge in [-0.05, 0) is 24.6 Å². The van der Waals surface area contributed by atoms with Gasteiger partial charge < -0.3 is 9.72 Å². The van der Waals surface area contributed by atoms with Crippen LogP contribution in [0.1, 0.15) is 43.6 Å². The highest BCUT2D eigenvalue weighted by molar-refractivity contribution is 6.33. The zero-order valence-corrected chi connectivity index (χ0v) is 20.8. The predicted molar refractivity (Wildman–Crippen MR) is 140 cm³/mol. The van der Waals surface area contributed by atoms with E-state index in [0.29, 0.717) is 21.8 Å². The van der Waals surface area contributed by atoms with Crippen LogP contribution in [0.25, 0.3) is 10.9 Å². The fourth-order valence-corrected chi connectivity index (χ4v) is 4.67. The van der Waals surface area contributed by atoms with Crippen LogP contribution in [0.2, 0.25) is 10.2 Å². The summed E-state index contributed by atoms with van der Waals surface area (Å²) in [6.07, 6.45) is 0.469. The summed E-state index contributed by atoms with van der Waals surface area (Å²) < 4.78 is 7.33. The van der Waals surface area contributed by atoms with E-state index in [2.05, 4.69) is 10.1 Å². The second-order valence-electron chi connectivity index (χ2n) is 8.31. The molecule has 6 nitrogen and oxygen atoms in total. The number of nitrogens with one attached hydrogen (secondary N) is 1. The molecule has 5 aromatic rings. The summed E-state index contributed by atoms with van der Waals surface area (Å²) in [6.45, 7) is 1.95. The summed E-state index contributed by atoms with van der Waals surface area (Å²) >= 11 is 12.9. The number of aromatic nitrogens is 3. The zero-order chi connectivity index (χ0) is 25.2. The van der Waals surface area contributed by atoms with Crippen molar-refractivity contribution >= 4 is 45.9 Å². The van der Waals surface area contributed by atoms with E-state index >= 15 is 0 Å². The lowest BCUT2D eigenvalue weighted by Gasteiger charge is -2.17. The number of ether oxygens (including phenoxy) is 1. The van der Waals surface area contributed by atoms with E-state index in [1.54, 1.807) is 43.5 Å². The predicted octanol–water partition coefficient (Wildman–Crippen LogP) is 6.81. The number of ketones is 1. The zero-order valence-electron chi connectivity index (χ0n) is 19.2. The number of hydrogen-bond donors (Lipinski definition) is 1. The Morgan fingerprint density at radius 3 is 2.44 bits per heavy atom. The number of para-hydroxylation sites is 1. The number of aromatic amines is 1. The van der Waals surface area contributed by atoms with Crippen LogP contribution in [-0.2, 0) is 11.3 Å². The molecule has 180 valence electrons. The topological polar surface area (TPSA) is 77.0 Å². The first-order valence-corrected chi connectivity index (χ1v) is 12.0. The lowest BCUT2D eigenvalue weighted by atomic mass is 9.99. The minimum absolute atomic E-state index is 0.108. The molecule has 0 bridgehead atoms. The largest absolute Gasteiger partial charge is 0.445 e. The number of fused-ring (bicyclic) bond motifs is 1. The van der Waals surface area contributed by atoms with Crippen molar-refractivity contribution in [2.24, 2.45) is 0 Å². The van der Waals surface area contributed by atoms with Gasteiger partial charge in [0.05, 0.1) is 12.2 Å². The van der Waals surface area contributed by atoms with Gasteiger partial charge in [0.2, 0.25) is 5.78 Å². The number of nitrogens with zero attached hydrogens (tertiary/aromatic N) is 2. The van der Waals surface area contributed by atoms with Gasteiger partial charge in [-0.3, -0.25) is 4.79 Å². The van der Waals surface area contributed by atoms with Crippen molar-refractivity contribution in [2.45, 2.75) is 19.6 Å². The Bertz CT molecular complexity index is 1570. The van der Waals surface area contributed by atoms with E-state index < -0.39 is 12.1 Å². The van der Waals surface area contributed by atoms with Crippen molar-refractivity contribution in [3.8, 4) is 0 Å². The molecule has 8 heteroatoms. The number of hydrogen-bond acceptors (Lipinski definition) is 4. The summed E-state index contributed by atoms with van der Waals surface area (Å²) in [5.41, 5.74) is 3.11. The Hall–Kier alpha value is -3.87. The van der Waals surface area contributed by atoms with Crippen LogP contribution in [0.5, 0.6) is 0 Å². The van der Waals surface area contributed by atoms with Crippen molar-refractivity contribution < 1.29 is 14.3 Å². The third kappa shape index (κ3) is 4.53. The summed E-state index contributed by atoms with van der Waals surface area (Å²) in [7, 11) is 0. The maximum Gasteiger partial charge on any atom is 0.344 e. The average Bonchev–Trinajstić information content (AvgIpc) is 3.44. The minimum Gasteiger partial charge on any atom is -0.445 e. The molecular formula is C28H21Cl2N3O3. The first kappa shape index (κ1) is 23.9. The summed E-state index contributed by atoms with van der Waals surface area (Å²) in [4.78, 5) is 30.2. The van der Waals surface area contributed by atoms with Gasteiger partial charge in [-0.1, -0.05) is 89.9 Å². The standard InChI is InChI=1S/C28H21Cl2N3O3/c1-17-24(27(30)33(32-17)16-19-11-5-7-13-22(19)29)28(35)36-26(18-9-3-2-4-10-18)25(34)21-15-31-23-14-8-6-12-20(21)23/h2-15,26,31H,16H2,1H3. The Morgan fingerprint density at radius 1 is 0.972 bits per heavy atom. The highest BCUT2D eigenvalue weighted by Gasteiger charge is 2.31. The second-order valence-corrected chi connectivity index (χ2v) is 9.07. The molecule has 0 amide bonds. The summed E-state index contributed by atoms with van der Waals surface area (Å²) in [5.74, 6) is -1.07. The molecule has 0 aliphatic carbocycles. The molecule has 1 atom stereocenters. The number of benzene rings is 3. The highest BCUT2D eigenvalue weighted by atomic mass is 35.5. The molecule has 5 rings (SSSR count). The van der Waals surface area contributed by atoms with Crippen molar-refractivity contribution in [3.05, 3.63) is 123 Å². The number of carbonyl (C=O) groups is 2. The van der Waals surface area contributed by atoms with Crippen molar-refractivity contribution in [3.63, 3.8) is 0 Å². The van der Waals surface area contributed by atoms with Gasteiger partial charge in [0.25, 0.3) is 0 Å². The van der Waals surface area contributed by atoms with Gasteiger partial charge in [0.1, 0.15) is 10.7 Å². The third-order valence-corrected chi connectivity index (χ3v) is 6.72. The van der Waals surface area contributed by atoms with Crippen LogP contribution >= 0.6 is 23.2 Å². The minimum atomic E-state index is -1.17. The third-order valence-electron chi connectivity index (χ3n) is 5.97. The maximum absolute atomic E-state index is 13.7. The van der Waals surface area contributed by atoms with Gasteiger partial charge >= 0.3 is 5.97 Å². The van der Waals surface area contributed by atoms with Crippen molar-refractivity contribution in [2.75, 3.05) is 0 Å². The Balaban J connectivity index is 1.48. The van der Waals surface area contributed by atoms with Gasteiger partial charge in [-0.25, -0.2) is 9.48 Å². The smallest absolute Gasteiger partial charge is 0.344 e. The molecule has 3 aromatic carbocycles. The van der Waals surface area contributed by atoms with E-state index in [4.69, 9.17) is 27.9 Å². The molecule has 0 fully saturated rings. The second kappa shape index (κ2) is 10.0. The van der Waals surface area contributed by atoms with Crippen LogP contribution in [0.15, 0.2) is 85.1 Å². The van der Waals surface area contributed by atoms with E-state index in [1.807, 2.05) is 48.5 Å². The molecule has 0 aliphatic rings. The van der Waals surface area contributed by atoms with Crippen LogP contribution in [0.3, 0.4) is 0 Å². The molecule has 0 aliphatic heterocycles. The maximum atomic E-state index is 13.7. The molecule has 0 radical (unpaired) electrons. The summed E-state index contributed by atoms with van der Waals surface area (Å²) in [5, 5.41) is 5.85. The Kier molecular flexibility index (Phi) is 6.63. The Morgan fingerprint density at radius 2 is 1.67 bits per heavy atom. The fourth-order valence-electron chi connectivity index (χ4n) is 4.16. The first-order valence-electron chi connectivity index (χ1n) is 11.3. The normalized spacial score (nSPS) is 12.0. The van der Waals surface area contributed by atoms with Crippen LogP contribution < -0.4 is 0 Å². The number of aryl methyl sites for hydroxylation is 1. The molecular weight excluding hydrogens is 497 g/mol. The number of halogens is 2.